The first-order chi connectivity index (χ1) is 13.0. The molecule has 27 heavy (non-hydrogen) atoms. The van der Waals surface area contributed by atoms with Gasteiger partial charge in [0, 0.05) is 50.2 Å². The average molecular weight is 394 g/mol. The standard InChI is InChI=1S/C19H28ClN5O2/c1-22-19(25-11-3-4-14(13-25)12-17(21)26)23-10-2-5-18(27)24-16-8-6-15(20)7-9-16/h6-9,14H,2-5,10-13H2,1H3,(H2,21,26)(H,22,23)(H,24,27). The van der Waals surface area contributed by atoms with E-state index in [0.29, 0.717) is 30.8 Å². The second-order valence-electron chi connectivity index (χ2n) is 6.76. The van der Waals surface area contributed by atoms with Crippen molar-refractivity contribution in [3.63, 3.8) is 0 Å². The van der Waals surface area contributed by atoms with Gasteiger partial charge in [0.15, 0.2) is 5.96 Å². The van der Waals surface area contributed by atoms with Gasteiger partial charge < -0.3 is 21.3 Å². The van der Waals surface area contributed by atoms with E-state index in [1.54, 1.807) is 31.3 Å². The first kappa shape index (κ1) is 21.0. The number of likely N-dealkylation sites (tertiary alicyclic amines) is 1. The molecule has 2 rings (SSSR count). The van der Waals surface area contributed by atoms with Crippen LogP contribution in [-0.2, 0) is 9.59 Å². The highest BCUT2D eigenvalue weighted by Gasteiger charge is 2.23. The van der Waals surface area contributed by atoms with E-state index >= 15 is 0 Å². The molecule has 0 saturated carbocycles. The molecule has 1 aromatic rings. The lowest BCUT2D eigenvalue weighted by Crippen LogP contribution is -2.47. The molecule has 2 amide bonds. The van der Waals surface area contributed by atoms with E-state index in [-0.39, 0.29) is 17.7 Å². The summed E-state index contributed by atoms with van der Waals surface area (Å²) >= 11 is 5.83. The highest BCUT2D eigenvalue weighted by atomic mass is 35.5. The van der Waals surface area contributed by atoms with Gasteiger partial charge >= 0.3 is 0 Å². The van der Waals surface area contributed by atoms with E-state index < -0.39 is 0 Å². The Morgan fingerprint density at radius 1 is 1.33 bits per heavy atom. The fraction of sp³-hybridized carbons (Fsp3) is 0.526. The van der Waals surface area contributed by atoms with Crippen molar-refractivity contribution in [3.8, 4) is 0 Å². The number of primary amides is 1. The third-order valence-electron chi connectivity index (χ3n) is 4.51. The molecular weight excluding hydrogens is 366 g/mol. The van der Waals surface area contributed by atoms with Crippen LogP contribution < -0.4 is 16.4 Å². The van der Waals surface area contributed by atoms with Gasteiger partial charge in [0.25, 0.3) is 0 Å². The molecule has 1 aliphatic rings. The fourth-order valence-corrected chi connectivity index (χ4v) is 3.37. The number of carbonyl (C=O) groups excluding carboxylic acids is 2. The quantitative estimate of drug-likeness (QED) is 0.375. The lowest BCUT2D eigenvalue weighted by Gasteiger charge is -2.34. The maximum Gasteiger partial charge on any atom is 0.224 e. The summed E-state index contributed by atoms with van der Waals surface area (Å²) in [5.41, 5.74) is 6.06. The number of benzene rings is 1. The second-order valence-corrected chi connectivity index (χ2v) is 7.19. The molecule has 4 N–H and O–H groups in total. The molecule has 1 heterocycles. The van der Waals surface area contributed by atoms with Crippen molar-refractivity contribution in [1.82, 2.24) is 10.2 Å². The van der Waals surface area contributed by atoms with Crippen molar-refractivity contribution >= 4 is 35.1 Å². The first-order valence-electron chi connectivity index (χ1n) is 9.27. The molecule has 1 aliphatic heterocycles. The van der Waals surface area contributed by atoms with E-state index in [1.807, 2.05) is 0 Å². The minimum Gasteiger partial charge on any atom is -0.370 e. The molecule has 1 unspecified atom stereocenters. The number of nitrogens with two attached hydrogens (primary N) is 1. The number of amides is 2. The predicted octanol–water partition coefficient (Wildman–Crippen LogP) is 2.22. The molecule has 148 valence electrons. The number of hydrogen-bond donors (Lipinski definition) is 3. The van der Waals surface area contributed by atoms with E-state index in [9.17, 15) is 9.59 Å². The van der Waals surface area contributed by atoms with Gasteiger partial charge in [0.1, 0.15) is 0 Å². The summed E-state index contributed by atoms with van der Waals surface area (Å²) in [5, 5.41) is 6.79. The van der Waals surface area contributed by atoms with Crippen molar-refractivity contribution in [3.05, 3.63) is 29.3 Å². The van der Waals surface area contributed by atoms with Crippen molar-refractivity contribution in [2.24, 2.45) is 16.6 Å². The predicted molar refractivity (Wildman–Crippen MR) is 109 cm³/mol. The third kappa shape index (κ3) is 7.46. The number of carbonyl (C=O) groups is 2. The topological polar surface area (TPSA) is 99.8 Å². The Morgan fingerprint density at radius 3 is 2.74 bits per heavy atom. The van der Waals surface area contributed by atoms with Gasteiger partial charge in [-0.05, 0) is 49.4 Å². The zero-order valence-corrected chi connectivity index (χ0v) is 16.5. The summed E-state index contributed by atoms with van der Waals surface area (Å²) in [6.07, 6.45) is 3.55. The van der Waals surface area contributed by atoms with Gasteiger partial charge in [0.2, 0.25) is 11.8 Å². The summed E-state index contributed by atoms with van der Waals surface area (Å²) in [6.45, 7) is 2.34. The second kappa shape index (κ2) is 10.8. The largest absolute Gasteiger partial charge is 0.370 e. The number of piperidine rings is 1. The number of aliphatic imine (C=N–C) groups is 1. The Bertz CT molecular complexity index is 663. The molecular formula is C19H28ClN5O2. The Labute approximate surface area is 165 Å². The Morgan fingerprint density at radius 2 is 2.07 bits per heavy atom. The smallest absolute Gasteiger partial charge is 0.224 e. The number of halogens is 1. The molecule has 0 bridgehead atoms. The lowest BCUT2D eigenvalue weighted by atomic mass is 9.95. The van der Waals surface area contributed by atoms with Crippen LogP contribution in [0.3, 0.4) is 0 Å². The van der Waals surface area contributed by atoms with Crippen LogP contribution in [0.1, 0.15) is 32.1 Å². The van der Waals surface area contributed by atoms with E-state index in [2.05, 4.69) is 20.5 Å². The van der Waals surface area contributed by atoms with Crippen molar-refractivity contribution in [2.45, 2.75) is 32.1 Å². The van der Waals surface area contributed by atoms with Crippen LogP contribution in [0.2, 0.25) is 5.02 Å². The zero-order chi connectivity index (χ0) is 19.6. The van der Waals surface area contributed by atoms with Crippen LogP contribution in [0, 0.1) is 5.92 Å². The number of rotatable bonds is 7. The SMILES string of the molecule is CN=C(NCCCC(=O)Nc1ccc(Cl)cc1)N1CCCC(CC(N)=O)C1. The molecule has 0 aliphatic carbocycles. The van der Waals surface area contributed by atoms with Crippen LogP contribution in [-0.4, -0.2) is 49.4 Å². The maximum absolute atomic E-state index is 12.0. The average Bonchev–Trinajstić information content (AvgIpc) is 2.63. The van der Waals surface area contributed by atoms with E-state index in [1.165, 1.54) is 0 Å². The first-order valence-corrected chi connectivity index (χ1v) is 9.65. The van der Waals surface area contributed by atoms with Gasteiger partial charge in [-0.1, -0.05) is 11.6 Å². The van der Waals surface area contributed by atoms with E-state index in [4.69, 9.17) is 17.3 Å². The van der Waals surface area contributed by atoms with Crippen LogP contribution in [0.5, 0.6) is 0 Å². The summed E-state index contributed by atoms with van der Waals surface area (Å²) in [4.78, 5) is 29.6. The monoisotopic (exact) mass is 393 g/mol. The van der Waals surface area contributed by atoms with Crippen LogP contribution in [0.15, 0.2) is 29.3 Å². The Hall–Kier alpha value is -2.28. The van der Waals surface area contributed by atoms with Crippen LogP contribution >= 0.6 is 11.6 Å². The zero-order valence-electron chi connectivity index (χ0n) is 15.7. The molecule has 1 atom stereocenters. The Balaban J connectivity index is 1.70. The molecule has 7 nitrogen and oxygen atoms in total. The van der Waals surface area contributed by atoms with Gasteiger partial charge in [-0.3, -0.25) is 14.6 Å². The molecule has 8 heteroatoms. The summed E-state index contributed by atoms with van der Waals surface area (Å²) < 4.78 is 0. The van der Waals surface area contributed by atoms with Crippen LogP contribution in [0.25, 0.3) is 0 Å². The van der Waals surface area contributed by atoms with Gasteiger partial charge in [0.05, 0.1) is 0 Å². The van der Waals surface area contributed by atoms with Gasteiger partial charge in [-0.2, -0.15) is 0 Å². The van der Waals surface area contributed by atoms with Gasteiger partial charge in [-0.15, -0.1) is 0 Å². The molecule has 0 aromatic heterocycles. The van der Waals surface area contributed by atoms with Crippen molar-refractivity contribution < 1.29 is 9.59 Å². The van der Waals surface area contributed by atoms with Crippen LogP contribution in [0.4, 0.5) is 5.69 Å². The summed E-state index contributed by atoms with van der Waals surface area (Å²) in [6, 6.07) is 7.04. The number of hydrogen-bond acceptors (Lipinski definition) is 3. The summed E-state index contributed by atoms with van der Waals surface area (Å²) in [7, 11) is 1.74. The van der Waals surface area contributed by atoms with Crippen molar-refractivity contribution in [1.29, 1.82) is 0 Å². The minimum absolute atomic E-state index is 0.0337. The Kier molecular flexibility index (Phi) is 8.39. The highest BCUT2D eigenvalue weighted by Crippen LogP contribution is 2.19. The minimum atomic E-state index is -0.253. The number of anilines is 1. The molecule has 1 saturated heterocycles. The number of guanidine groups is 1. The fourth-order valence-electron chi connectivity index (χ4n) is 3.25. The third-order valence-corrected chi connectivity index (χ3v) is 4.76. The van der Waals surface area contributed by atoms with Gasteiger partial charge in [-0.25, -0.2) is 0 Å². The maximum atomic E-state index is 12.0. The van der Waals surface area contributed by atoms with Crippen molar-refractivity contribution in [2.75, 3.05) is 32.0 Å². The normalized spacial score (nSPS) is 17.5. The molecule has 0 radical (unpaired) electrons. The molecule has 1 fully saturated rings. The number of nitrogens with zero attached hydrogens (tertiary/aromatic N) is 2. The highest BCUT2D eigenvalue weighted by molar-refractivity contribution is 6.30. The van der Waals surface area contributed by atoms with E-state index in [0.717, 1.165) is 37.6 Å². The number of nitrogens with one attached hydrogen (secondary N) is 2. The molecule has 0 spiro atoms. The summed E-state index contributed by atoms with van der Waals surface area (Å²) in [5.74, 6) is 0.798. The lowest BCUT2D eigenvalue weighted by molar-refractivity contribution is -0.119. The molecule has 1 aromatic carbocycles.